The lowest BCUT2D eigenvalue weighted by molar-refractivity contribution is 0.445. The molecular weight excluding hydrogens is 675 g/mol. The Morgan fingerprint density at radius 3 is 1.71 bits per heavy atom. The molecule has 10 rings (SSSR count). The van der Waals surface area contributed by atoms with E-state index in [9.17, 15) is 0 Å². The second-order valence-corrected chi connectivity index (χ2v) is 16.3. The normalized spacial score (nSPS) is 14.7. The van der Waals surface area contributed by atoms with Crippen LogP contribution in [0, 0.1) is 0 Å². The minimum absolute atomic E-state index is 0.121. The van der Waals surface area contributed by atoms with Crippen molar-refractivity contribution in [1.82, 2.24) is 0 Å². The van der Waals surface area contributed by atoms with E-state index < -0.39 is 0 Å². The summed E-state index contributed by atoms with van der Waals surface area (Å²) in [6, 6.07) is 67.9. The monoisotopic (exact) mass is 721 g/mol. The van der Waals surface area contributed by atoms with Crippen molar-refractivity contribution in [2.75, 3.05) is 4.90 Å². The number of para-hydroxylation sites is 2. The lowest BCUT2D eigenvalue weighted by Crippen LogP contribution is -2.16. The quantitative estimate of drug-likeness (QED) is 0.158. The number of anilines is 3. The molecule has 2 aliphatic carbocycles. The summed E-state index contributed by atoms with van der Waals surface area (Å²) in [5, 5.41) is 2.73. The maximum Gasteiger partial charge on any atom is 0.0543 e. The molecule has 272 valence electrons. The highest BCUT2D eigenvalue weighted by Crippen LogP contribution is 2.56. The fourth-order valence-electron chi connectivity index (χ4n) is 9.94. The van der Waals surface area contributed by atoms with Gasteiger partial charge in [-0.25, -0.2) is 0 Å². The Bertz CT molecular complexity index is 2690. The van der Waals surface area contributed by atoms with Crippen LogP contribution in [0.1, 0.15) is 68.6 Å². The van der Waals surface area contributed by atoms with E-state index in [1.807, 2.05) is 0 Å². The van der Waals surface area contributed by atoms with Gasteiger partial charge >= 0.3 is 0 Å². The molecule has 56 heavy (non-hydrogen) atoms. The van der Waals surface area contributed by atoms with Crippen LogP contribution >= 0.6 is 0 Å². The van der Waals surface area contributed by atoms with Crippen molar-refractivity contribution >= 4 is 27.8 Å². The number of benzene rings is 8. The molecule has 0 saturated heterocycles. The van der Waals surface area contributed by atoms with E-state index in [-0.39, 0.29) is 5.41 Å². The van der Waals surface area contributed by atoms with E-state index >= 15 is 0 Å². The van der Waals surface area contributed by atoms with Crippen LogP contribution in [-0.4, -0.2) is 0 Å². The molecule has 1 heteroatoms. The minimum Gasteiger partial charge on any atom is -0.309 e. The van der Waals surface area contributed by atoms with Crippen LogP contribution in [0.3, 0.4) is 0 Å². The van der Waals surface area contributed by atoms with Gasteiger partial charge in [-0.2, -0.15) is 0 Å². The predicted octanol–water partition coefficient (Wildman–Crippen LogP) is 15.7. The third kappa shape index (κ3) is 5.77. The van der Waals surface area contributed by atoms with Gasteiger partial charge in [0.2, 0.25) is 0 Å². The van der Waals surface area contributed by atoms with Crippen LogP contribution < -0.4 is 4.90 Å². The van der Waals surface area contributed by atoms with Crippen molar-refractivity contribution in [2.45, 2.75) is 57.3 Å². The molecule has 0 radical (unpaired) electrons. The summed E-state index contributed by atoms with van der Waals surface area (Å²) in [6.07, 6.45) is 6.51. The third-order valence-corrected chi connectivity index (χ3v) is 12.7. The average molecular weight is 722 g/mol. The Hall–Kier alpha value is -6.18. The Balaban J connectivity index is 1.23. The standard InChI is InChI=1S/C55H47N/c1-55(2)48-29-12-9-26-47(48)54-49(55)30-17-33-52(54)56(50-31-13-10-24-43(50)41-36-34-39(35-37-41)38-18-5-3-6-19-38)51-32-14-11-25-45(51)46-28-16-23-42-22-15-27-44(53(42)46)40-20-7-4-8-21-40/h3,5-6,9-19,22-37,40H,4,7-8,20-21H2,1-2H3. The highest BCUT2D eigenvalue weighted by atomic mass is 15.2. The van der Waals surface area contributed by atoms with Gasteiger partial charge in [0.1, 0.15) is 0 Å². The van der Waals surface area contributed by atoms with Crippen LogP contribution in [0.2, 0.25) is 0 Å². The number of nitrogens with zero attached hydrogens (tertiary/aromatic N) is 1. The SMILES string of the molecule is CC1(C)c2ccccc2-c2c(N(c3ccccc3-c3ccc(-c4ccccc4)cc3)c3ccccc3-c3cccc4cccc(C5CCCCC5)c34)cccc21. The second kappa shape index (κ2) is 14.2. The number of hydrogen-bond donors (Lipinski definition) is 0. The summed E-state index contributed by atoms with van der Waals surface area (Å²) < 4.78 is 0. The van der Waals surface area contributed by atoms with Crippen molar-refractivity contribution in [3.05, 3.63) is 199 Å². The zero-order valence-corrected chi connectivity index (χ0v) is 32.4. The van der Waals surface area contributed by atoms with E-state index in [2.05, 4.69) is 201 Å². The van der Waals surface area contributed by atoms with Gasteiger partial charge in [0.05, 0.1) is 17.1 Å². The smallest absolute Gasteiger partial charge is 0.0543 e. The summed E-state index contributed by atoms with van der Waals surface area (Å²) >= 11 is 0. The number of rotatable bonds is 7. The van der Waals surface area contributed by atoms with Gasteiger partial charge in [0.15, 0.2) is 0 Å². The van der Waals surface area contributed by atoms with Crippen LogP contribution in [0.15, 0.2) is 182 Å². The molecule has 0 bridgehead atoms. The molecule has 8 aromatic carbocycles. The maximum absolute atomic E-state index is 2.58. The van der Waals surface area contributed by atoms with Crippen LogP contribution in [0.5, 0.6) is 0 Å². The Labute approximate surface area is 331 Å². The summed E-state index contributed by atoms with van der Waals surface area (Å²) in [4.78, 5) is 2.58. The highest BCUT2D eigenvalue weighted by molar-refractivity contribution is 6.06. The van der Waals surface area contributed by atoms with E-state index in [1.165, 1.54) is 115 Å². The molecule has 0 N–H and O–H groups in total. The summed E-state index contributed by atoms with van der Waals surface area (Å²) in [7, 11) is 0. The van der Waals surface area contributed by atoms with Crippen LogP contribution in [-0.2, 0) is 5.41 Å². The summed E-state index contributed by atoms with van der Waals surface area (Å²) in [5.41, 5.74) is 17.7. The molecule has 1 nitrogen and oxygen atoms in total. The largest absolute Gasteiger partial charge is 0.309 e. The van der Waals surface area contributed by atoms with Gasteiger partial charge in [0, 0.05) is 22.1 Å². The zero-order valence-electron chi connectivity index (χ0n) is 32.4. The van der Waals surface area contributed by atoms with Gasteiger partial charge in [-0.05, 0) is 92.2 Å². The van der Waals surface area contributed by atoms with Crippen molar-refractivity contribution < 1.29 is 0 Å². The third-order valence-electron chi connectivity index (χ3n) is 12.7. The van der Waals surface area contributed by atoms with Crippen LogP contribution in [0.4, 0.5) is 17.1 Å². The lowest BCUT2D eigenvalue weighted by atomic mass is 9.80. The molecule has 2 aliphatic rings. The zero-order chi connectivity index (χ0) is 37.6. The molecule has 0 spiro atoms. The summed E-state index contributed by atoms with van der Waals surface area (Å²) in [5.74, 6) is 0.590. The van der Waals surface area contributed by atoms with E-state index in [0.29, 0.717) is 5.92 Å². The van der Waals surface area contributed by atoms with Crippen molar-refractivity contribution in [1.29, 1.82) is 0 Å². The van der Waals surface area contributed by atoms with E-state index in [1.54, 1.807) is 0 Å². The highest BCUT2D eigenvalue weighted by Gasteiger charge is 2.38. The number of fused-ring (bicyclic) bond motifs is 4. The maximum atomic E-state index is 2.58. The second-order valence-electron chi connectivity index (χ2n) is 16.3. The Morgan fingerprint density at radius 2 is 0.946 bits per heavy atom. The molecule has 0 amide bonds. The average Bonchev–Trinajstić information content (AvgIpc) is 3.50. The van der Waals surface area contributed by atoms with Gasteiger partial charge in [0.25, 0.3) is 0 Å². The predicted molar refractivity (Wildman–Crippen MR) is 238 cm³/mol. The summed E-state index contributed by atoms with van der Waals surface area (Å²) in [6.45, 7) is 4.76. The molecule has 8 aromatic rings. The Morgan fingerprint density at radius 1 is 0.411 bits per heavy atom. The molecule has 1 saturated carbocycles. The topological polar surface area (TPSA) is 3.24 Å². The van der Waals surface area contributed by atoms with Gasteiger partial charge in [-0.3, -0.25) is 0 Å². The minimum atomic E-state index is -0.121. The van der Waals surface area contributed by atoms with Gasteiger partial charge in [-0.1, -0.05) is 197 Å². The van der Waals surface area contributed by atoms with Gasteiger partial charge in [-0.15, -0.1) is 0 Å². The van der Waals surface area contributed by atoms with Crippen molar-refractivity contribution in [3.8, 4) is 44.5 Å². The first kappa shape index (κ1) is 34.3. The Kier molecular flexibility index (Phi) is 8.67. The van der Waals surface area contributed by atoms with Gasteiger partial charge < -0.3 is 4.90 Å². The molecule has 1 fully saturated rings. The number of hydrogen-bond acceptors (Lipinski definition) is 1. The first-order chi connectivity index (χ1) is 27.6. The fraction of sp³-hybridized carbons (Fsp3) is 0.164. The van der Waals surface area contributed by atoms with Crippen molar-refractivity contribution in [3.63, 3.8) is 0 Å². The van der Waals surface area contributed by atoms with Crippen molar-refractivity contribution in [2.24, 2.45) is 0 Å². The molecule has 0 aliphatic heterocycles. The van der Waals surface area contributed by atoms with E-state index in [0.717, 1.165) is 5.69 Å². The lowest BCUT2D eigenvalue weighted by Gasteiger charge is -2.32. The fourth-order valence-corrected chi connectivity index (χ4v) is 9.94. The molecule has 0 atom stereocenters. The molecule has 0 aromatic heterocycles. The first-order valence-corrected chi connectivity index (χ1v) is 20.5. The van der Waals surface area contributed by atoms with Crippen LogP contribution in [0.25, 0.3) is 55.3 Å². The van der Waals surface area contributed by atoms with E-state index in [4.69, 9.17) is 0 Å². The molecule has 0 unspecified atom stereocenters. The molecule has 0 heterocycles. The first-order valence-electron chi connectivity index (χ1n) is 20.5. The molecular formula is C55H47N.